The number of nitrogens with zero attached hydrogens (tertiary/aromatic N) is 1. The smallest absolute Gasteiger partial charge is 0.348 e. The maximum Gasteiger partial charge on any atom is 0.348 e. The van der Waals surface area contributed by atoms with Crippen LogP contribution in [0.5, 0.6) is 0 Å². The molecule has 1 aromatic carbocycles. The predicted octanol–water partition coefficient (Wildman–Crippen LogP) is 3.03. The lowest BCUT2D eigenvalue weighted by atomic mass is 10.1. The Bertz CT molecular complexity index is 1010. The van der Waals surface area contributed by atoms with Gasteiger partial charge in [0.25, 0.3) is 10.0 Å². The van der Waals surface area contributed by atoms with Gasteiger partial charge in [-0.3, -0.25) is 0 Å². The summed E-state index contributed by atoms with van der Waals surface area (Å²) in [6, 6.07) is 9.48. The molecule has 1 atom stereocenters. The highest BCUT2D eigenvalue weighted by atomic mass is 32.2. The van der Waals surface area contributed by atoms with Crippen molar-refractivity contribution in [2.75, 3.05) is 20.8 Å². The monoisotopic (exact) mass is 437 g/mol. The van der Waals surface area contributed by atoms with Gasteiger partial charge in [0.2, 0.25) is 0 Å². The zero-order chi connectivity index (χ0) is 21.2. The molecule has 0 N–H and O–H groups in total. The fraction of sp³-hybridized carbons (Fsp3) is 0.400. The van der Waals surface area contributed by atoms with Crippen LogP contribution in [-0.4, -0.2) is 51.5 Å². The second kappa shape index (κ2) is 8.64. The summed E-state index contributed by atoms with van der Waals surface area (Å²) in [7, 11) is -1.60. The van der Waals surface area contributed by atoms with Crippen LogP contribution in [0.1, 0.15) is 44.0 Å². The van der Waals surface area contributed by atoms with Crippen molar-refractivity contribution in [3.05, 3.63) is 51.9 Å². The molecule has 0 amide bonds. The van der Waals surface area contributed by atoms with Crippen LogP contribution in [0.4, 0.5) is 0 Å². The molecule has 1 aliphatic rings. The highest BCUT2D eigenvalue weighted by Crippen LogP contribution is 2.37. The lowest BCUT2D eigenvalue weighted by Crippen LogP contribution is -2.37. The van der Waals surface area contributed by atoms with Gasteiger partial charge in [-0.05, 0) is 37.3 Å². The van der Waals surface area contributed by atoms with Crippen LogP contribution in [0.25, 0.3) is 0 Å². The third-order valence-corrected chi connectivity index (χ3v) is 8.77. The van der Waals surface area contributed by atoms with E-state index in [1.165, 1.54) is 25.4 Å². The maximum absolute atomic E-state index is 13.5. The van der Waals surface area contributed by atoms with Crippen LogP contribution in [0.15, 0.2) is 34.5 Å². The normalized spacial score (nSPS) is 17.3. The summed E-state index contributed by atoms with van der Waals surface area (Å²) in [5.41, 5.74) is 1.21. The van der Waals surface area contributed by atoms with Gasteiger partial charge in [-0.15, -0.1) is 11.3 Å². The van der Waals surface area contributed by atoms with Crippen molar-refractivity contribution in [2.45, 2.75) is 36.4 Å². The molecule has 7 nitrogen and oxygen atoms in total. The van der Waals surface area contributed by atoms with Gasteiger partial charge in [-0.1, -0.05) is 30.3 Å². The van der Waals surface area contributed by atoms with Crippen LogP contribution in [-0.2, 0) is 25.9 Å². The molecular weight excluding hydrogens is 414 g/mol. The predicted molar refractivity (Wildman–Crippen MR) is 109 cm³/mol. The first-order chi connectivity index (χ1) is 13.8. The number of sulfonamides is 1. The van der Waals surface area contributed by atoms with E-state index in [2.05, 4.69) is 0 Å². The molecule has 0 bridgehead atoms. The highest BCUT2D eigenvalue weighted by molar-refractivity contribution is 7.91. The van der Waals surface area contributed by atoms with Crippen LogP contribution >= 0.6 is 11.3 Å². The Morgan fingerprint density at radius 3 is 2.41 bits per heavy atom. The Hall–Kier alpha value is -2.23. The number of hydrogen-bond acceptors (Lipinski definition) is 7. The van der Waals surface area contributed by atoms with Gasteiger partial charge in [0, 0.05) is 12.6 Å². The first-order valence-electron chi connectivity index (χ1n) is 9.17. The highest BCUT2D eigenvalue weighted by Gasteiger charge is 2.40. The van der Waals surface area contributed by atoms with E-state index in [4.69, 9.17) is 9.47 Å². The molecule has 1 aromatic heterocycles. The molecule has 0 spiro atoms. The molecule has 3 rings (SSSR count). The minimum atomic E-state index is -3.99. The van der Waals surface area contributed by atoms with Gasteiger partial charge in [-0.25, -0.2) is 18.0 Å². The number of thiophene rings is 1. The number of ether oxygens (including phenoxy) is 2. The number of carbonyl (C=O) groups is 2. The van der Waals surface area contributed by atoms with E-state index in [0.717, 1.165) is 29.7 Å². The number of hydrogen-bond donors (Lipinski definition) is 0. The average molecular weight is 438 g/mol. The molecule has 0 saturated carbocycles. The molecule has 1 fully saturated rings. The standard InChI is InChI=1S/C20H23NO6S2/c1-13-16(18(22)26-2)20(28-17(13)19(23)27-3)29(24,25)21-11-7-10-15(21)12-14-8-5-4-6-9-14/h4-6,8-9,15H,7,10-12H2,1-3H3/t15-/m1/s1. The van der Waals surface area contributed by atoms with Crippen molar-refractivity contribution in [2.24, 2.45) is 0 Å². The van der Waals surface area contributed by atoms with Gasteiger partial charge < -0.3 is 9.47 Å². The lowest BCUT2D eigenvalue weighted by Gasteiger charge is -2.24. The summed E-state index contributed by atoms with van der Waals surface area (Å²) in [6.45, 7) is 1.89. The van der Waals surface area contributed by atoms with Gasteiger partial charge in [0.05, 0.1) is 19.8 Å². The first kappa shape index (κ1) is 21.5. The third kappa shape index (κ3) is 4.08. The maximum atomic E-state index is 13.5. The van der Waals surface area contributed by atoms with Crippen LogP contribution in [0, 0.1) is 6.92 Å². The van der Waals surface area contributed by atoms with E-state index in [-0.39, 0.29) is 26.3 Å². The fourth-order valence-corrected chi connectivity index (χ4v) is 7.17. The van der Waals surface area contributed by atoms with E-state index < -0.39 is 22.0 Å². The average Bonchev–Trinajstić information content (AvgIpc) is 3.32. The fourth-order valence-electron chi connectivity index (χ4n) is 3.62. The molecule has 2 aromatic rings. The summed E-state index contributed by atoms with van der Waals surface area (Å²) in [5, 5.41) is 0. The number of carbonyl (C=O) groups excluding carboxylic acids is 2. The van der Waals surface area contributed by atoms with Gasteiger partial charge in [0.1, 0.15) is 4.88 Å². The van der Waals surface area contributed by atoms with E-state index >= 15 is 0 Å². The minimum absolute atomic E-state index is 0.0882. The Morgan fingerprint density at radius 2 is 1.79 bits per heavy atom. The topological polar surface area (TPSA) is 90.0 Å². The Kier molecular flexibility index (Phi) is 6.40. The molecule has 0 aliphatic carbocycles. The van der Waals surface area contributed by atoms with Gasteiger partial charge >= 0.3 is 11.9 Å². The Morgan fingerprint density at radius 1 is 1.14 bits per heavy atom. The van der Waals surface area contributed by atoms with E-state index in [9.17, 15) is 18.0 Å². The third-order valence-electron chi connectivity index (χ3n) is 5.06. The van der Waals surface area contributed by atoms with E-state index in [1.54, 1.807) is 0 Å². The minimum Gasteiger partial charge on any atom is -0.465 e. The van der Waals surface area contributed by atoms with Crippen LogP contribution < -0.4 is 0 Å². The van der Waals surface area contributed by atoms with Crippen molar-refractivity contribution in [1.29, 1.82) is 0 Å². The SMILES string of the molecule is COC(=O)c1sc(S(=O)(=O)N2CCC[C@@H]2Cc2ccccc2)c(C(=O)OC)c1C. The summed E-state index contributed by atoms with van der Waals surface area (Å²) in [6.07, 6.45) is 2.05. The number of rotatable bonds is 6. The molecule has 0 radical (unpaired) electrons. The molecule has 0 unspecified atom stereocenters. The van der Waals surface area contributed by atoms with Crippen molar-refractivity contribution >= 4 is 33.3 Å². The molecule has 156 valence electrons. The Balaban J connectivity index is 2.04. The van der Waals surface area contributed by atoms with Crippen LogP contribution in [0.3, 0.4) is 0 Å². The molecule has 1 aliphatic heterocycles. The van der Waals surface area contributed by atoms with Crippen molar-refractivity contribution < 1.29 is 27.5 Å². The molecule has 2 heterocycles. The second-order valence-electron chi connectivity index (χ2n) is 6.80. The van der Waals surface area contributed by atoms with Crippen molar-refractivity contribution in [3.8, 4) is 0 Å². The quantitative estimate of drug-likeness (QED) is 0.646. The zero-order valence-electron chi connectivity index (χ0n) is 16.5. The molecule has 29 heavy (non-hydrogen) atoms. The number of benzene rings is 1. The number of methoxy groups -OCH3 is 2. The Labute approximate surface area is 174 Å². The largest absolute Gasteiger partial charge is 0.465 e. The van der Waals surface area contributed by atoms with Crippen molar-refractivity contribution in [3.63, 3.8) is 0 Å². The number of esters is 2. The van der Waals surface area contributed by atoms with E-state index in [1.807, 2.05) is 30.3 Å². The summed E-state index contributed by atoms with van der Waals surface area (Å²) < 4.78 is 37.9. The van der Waals surface area contributed by atoms with E-state index in [0.29, 0.717) is 13.0 Å². The molecular formula is C20H23NO6S2. The van der Waals surface area contributed by atoms with Crippen LogP contribution in [0.2, 0.25) is 0 Å². The molecule has 1 saturated heterocycles. The summed E-state index contributed by atoms with van der Waals surface area (Å²) in [5.74, 6) is -1.47. The van der Waals surface area contributed by atoms with Gasteiger partial charge in [-0.2, -0.15) is 4.31 Å². The zero-order valence-corrected chi connectivity index (χ0v) is 18.1. The van der Waals surface area contributed by atoms with Crippen molar-refractivity contribution in [1.82, 2.24) is 4.31 Å². The summed E-state index contributed by atoms with van der Waals surface area (Å²) in [4.78, 5) is 24.5. The first-order valence-corrected chi connectivity index (χ1v) is 11.4. The molecule has 9 heteroatoms. The second-order valence-corrected chi connectivity index (χ2v) is 9.91. The lowest BCUT2D eigenvalue weighted by molar-refractivity contribution is 0.0596. The summed E-state index contributed by atoms with van der Waals surface area (Å²) >= 11 is 0.760. The van der Waals surface area contributed by atoms with Gasteiger partial charge in [0.15, 0.2) is 4.21 Å².